The average Bonchev–Trinajstić information content (AvgIpc) is 2.12. The minimum Gasteiger partial charge on any atom is -0.423 e. The molecule has 0 saturated heterocycles. The van der Waals surface area contributed by atoms with Crippen molar-refractivity contribution in [3.8, 4) is 0 Å². The molecule has 14 heavy (non-hydrogen) atoms. The van der Waals surface area contributed by atoms with Crippen LogP contribution < -0.4 is 29.6 Å². The van der Waals surface area contributed by atoms with Gasteiger partial charge in [0.1, 0.15) is 18.3 Å². The van der Waals surface area contributed by atoms with E-state index in [0.717, 1.165) is 0 Å². The standard InChI is InChI=1S/C7H15O6.Na/c1-3(9)5(11)7(13)6(12)4(10)2-8;/h3-13H,1-2H2;/q-1;+1. The monoisotopic (exact) mass is 218 g/mol. The summed E-state index contributed by atoms with van der Waals surface area (Å²) in [6.45, 7) is 2.27. The molecule has 0 heterocycles. The Labute approximate surface area is 104 Å². The van der Waals surface area contributed by atoms with Crippen molar-refractivity contribution in [2.24, 2.45) is 0 Å². The zero-order valence-electron chi connectivity index (χ0n) is 7.98. The van der Waals surface area contributed by atoms with Gasteiger partial charge in [0.2, 0.25) is 0 Å². The maximum Gasteiger partial charge on any atom is 1.00 e. The summed E-state index contributed by atoms with van der Waals surface area (Å²) in [5.41, 5.74) is 0. The number of hydrogen-bond donors (Lipinski definition) is 6. The summed E-state index contributed by atoms with van der Waals surface area (Å²) >= 11 is 0. The maximum absolute atomic E-state index is 9.09. The Kier molecular flexibility index (Phi) is 9.78. The molecule has 0 radical (unpaired) electrons. The van der Waals surface area contributed by atoms with Gasteiger partial charge in [-0.3, -0.25) is 0 Å². The first-order valence-corrected chi connectivity index (χ1v) is 3.76. The van der Waals surface area contributed by atoms with Gasteiger partial charge in [-0.15, -0.1) is 0 Å². The Morgan fingerprint density at radius 3 is 1.57 bits per heavy atom. The van der Waals surface area contributed by atoms with Crippen LogP contribution in [-0.4, -0.2) is 67.8 Å². The van der Waals surface area contributed by atoms with Crippen molar-refractivity contribution < 1.29 is 60.2 Å². The molecule has 0 aromatic rings. The normalized spacial score (nSPS) is 21.6. The zero-order valence-corrected chi connectivity index (χ0v) is 9.98. The van der Waals surface area contributed by atoms with Crippen LogP contribution in [0, 0.1) is 6.92 Å². The second-order valence-corrected chi connectivity index (χ2v) is 2.79. The molecule has 0 bridgehead atoms. The molecule has 0 aliphatic carbocycles. The molecule has 6 nitrogen and oxygen atoms in total. The van der Waals surface area contributed by atoms with Crippen LogP contribution in [0.4, 0.5) is 0 Å². The van der Waals surface area contributed by atoms with Crippen molar-refractivity contribution in [3.05, 3.63) is 6.92 Å². The van der Waals surface area contributed by atoms with Gasteiger partial charge in [-0.1, -0.05) is 0 Å². The Bertz CT molecular complexity index is 144. The van der Waals surface area contributed by atoms with E-state index in [1.165, 1.54) is 0 Å². The van der Waals surface area contributed by atoms with Gasteiger partial charge >= 0.3 is 29.6 Å². The molecule has 80 valence electrons. The van der Waals surface area contributed by atoms with E-state index in [0.29, 0.717) is 0 Å². The number of rotatable bonds is 5. The third-order valence-electron chi connectivity index (χ3n) is 1.68. The predicted molar refractivity (Wildman–Crippen MR) is 42.5 cm³/mol. The number of hydrogen-bond acceptors (Lipinski definition) is 6. The third kappa shape index (κ3) is 5.01. The minimum absolute atomic E-state index is 0. The molecule has 0 saturated carbocycles. The van der Waals surface area contributed by atoms with Gasteiger partial charge in [0, 0.05) is 0 Å². The summed E-state index contributed by atoms with van der Waals surface area (Å²) in [7, 11) is 0. The topological polar surface area (TPSA) is 121 Å². The largest absolute Gasteiger partial charge is 1.00 e. The second-order valence-electron chi connectivity index (χ2n) is 2.79. The van der Waals surface area contributed by atoms with Gasteiger partial charge in [-0.05, 0) is 6.10 Å². The zero-order chi connectivity index (χ0) is 10.6. The van der Waals surface area contributed by atoms with Gasteiger partial charge in [0.25, 0.3) is 0 Å². The summed E-state index contributed by atoms with van der Waals surface area (Å²) in [6.07, 6.45) is -8.19. The van der Waals surface area contributed by atoms with E-state index >= 15 is 0 Å². The molecular formula is C7H15NaO6. The van der Waals surface area contributed by atoms with Crippen molar-refractivity contribution in [1.82, 2.24) is 0 Å². The summed E-state index contributed by atoms with van der Waals surface area (Å²) < 4.78 is 0. The Morgan fingerprint density at radius 2 is 1.29 bits per heavy atom. The van der Waals surface area contributed by atoms with Gasteiger partial charge < -0.3 is 37.6 Å². The van der Waals surface area contributed by atoms with Crippen molar-refractivity contribution in [1.29, 1.82) is 0 Å². The van der Waals surface area contributed by atoms with Crippen LogP contribution in [0.25, 0.3) is 0 Å². The fourth-order valence-corrected chi connectivity index (χ4v) is 0.765. The Balaban J connectivity index is 0. The smallest absolute Gasteiger partial charge is 0.423 e. The quantitative estimate of drug-likeness (QED) is 0.202. The summed E-state index contributed by atoms with van der Waals surface area (Å²) in [5, 5.41) is 53.1. The van der Waals surface area contributed by atoms with Crippen molar-refractivity contribution in [2.45, 2.75) is 30.5 Å². The summed E-state index contributed by atoms with van der Waals surface area (Å²) in [5.74, 6) is 0. The van der Waals surface area contributed by atoms with Crippen molar-refractivity contribution in [2.75, 3.05) is 6.61 Å². The first-order valence-electron chi connectivity index (χ1n) is 3.76. The molecule has 0 amide bonds. The molecule has 0 aromatic heterocycles. The van der Waals surface area contributed by atoms with Gasteiger partial charge in [-0.25, -0.2) is 0 Å². The van der Waals surface area contributed by atoms with Gasteiger partial charge in [0.05, 0.1) is 12.7 Å². The average molecular weight is 218 g/mol. The van der Waals surface area contributed by atoms with E-state index in [2.05, 4.69) is 6.92 Å². The Hall–Kier alpha value is 0.760. The summed E-state index contributed by atoms with van der Waals surface area (Å²) in [4.78, 5) is 0. The van der Waals surface area contributed by atoms with Gasteiger partial charge in [-0.2, -0.15) is 0 Å². The number of aliphatic hydroxyl groups is 6. The minimum atomic E-state index is -1.75. The van der Waals surface area contributed by atoms with Crippen molar-refractivity contribution >= 4 is 0 Å². The van der Waals surface area contributed by atoms with E-state index in [-0.39, 0.29) is 29.6 Å². The molecular weight excluding hydrogens is 203 g/mol. The second kappa shape index (κ2) is 7.98. The van der Waals surface area contributed by atoms with E-state index in [4.69, 9.17) is 30.6 Å². The van der Waals surface area contributed by atoms with Crippen LogP contribution in [0.3, 0.4) is 0 Å². The van der Waals surface area contributed by atoms with Crippen molar-refractivity contribution in [3.63, 3.8) is 0 Å². The van der Waals surface area contributed by atoms with E-state index in [1.807, 2.05) is 0 Å². The van der Waals surface area contributed by atoms with Crippen LogP contribution >= 0.6 is 0 Å². The van der Waals surface area contributed by atoms with Crippen LogP contribution in [0.5, 0.6) is 0 Å². The third-order valence-corrected chi connectivity index (χ3v) is 1.68. The molecule has 0 fully saturated rings. The Morgan fingerprint density at radius 1 is 0.857 bits per heavy atom. The molecule has 5 atom stereocenters. The van der Waals surface area contributed by atoms with E-state index in [9.17, 15) is 0 Å². The maximum atomic E-state index is 9.09. The fraction of sp³-hybridized carbons (Fsp3) is 0.857. The number of aliphatic hydroxyl groups excluding tert-OH is 6. The molecule has 0 aliphatic rings. The molecule has 5 unspecified atom stereocenters. The van der Waals surface area contributed by atoms with E-state index in [1.54, 1.807) is 0 Å². The first-order chi connectivity index (χ1) is 5.91. The first kappa shape index (κ1) is 17.2. The van der Waals surface area contributed by atoms with Crippen LogP contribution in [0.2, 0.25) is 0 Å². The van der Waals surface area contributed by atoms with E-state index < -0.39 is 37.1 Å². The van der Waals surface area contributed by atoms with Crippen LogP contribution in [0.15, 0.2) is 0 Å². The summed E-state index contributed by atoms with van der Waals surface area (Å²) in [6, 6.07) is 0. The van der Waals surface area contributed by atoms with Gasteiger partial charge in [0.15, 0.2) is 0 Å². The molecule has 0 aliphatic heterocycles. The molecule has 7 heteroatoms. The fourth-order valence-electron chi connectivity index (χ4n) is 0.765. The van der Waals surface area contributed by atoms with Crippen LogP contribution in [0.1, 0.15) is 0 Å². The molecule has 6 N–H and O–H groups in total. The SMILES string of the molecule is [CH2-]C(O)C(O)C(O)C(O)C(O)CO.[Na+]. The van der Waals surface area contributed by atoms with Crippen LogP contribution in [-0.2, 0) is 0 Å². The molecule has 0 rings (SSSR count). The predicted octanol–water partition coefficient (Wildman–Crippen LogP) is -6.38. The molecule has 0 aromatic carbocycles. The molecule has 0 spiro atoms.